The summed E-state index contributed by atoms with van der Waals surface area (Å²) in [4.78, 5) is 15.7. The van der Waals surface area contributed by atoms with Crippen molar-refractivity contribution in [3.8, 4) is 11.3 Å². The van der Waals surface area contributed by atoms with Crippen LogP contribution in [0.15, 0.2) is 41.9 Å². The van der Waals surface area contributed by atoms with Crippen molar-refractivity contribution in [2.24, 2.45) is 0 Å². The molecule has 1 aliphatic rings. The van der Waals surface area contributed by atoms with E-state index in [2.05, 4.69) is 43.5 Å². The van der Waals surface area contributed by atoms with Gasteiger partial charge in [-0.05, 0) is 25.1 Å². The Hall–Kier alpha value is -3.50. The zero-order chi connectivity index (χ0) is 22.4. The summed E-state index contributed by atoms with van der Waals surface area (Å²) < 4.78 is 21.5. The van der Waals surface area contributed by atoms with Crippen molar-refractivity contribution in [1.82, 2.24) is 24.6 Å². The van der Waals surface area contributed by atoms with Gasteiger partial charge >= 0.3 is 0 Å². The summed E-state index contributed by atoms with van der Waals surface area (Å²) in [5.41, 5.74) is 4.63. The second-order valence-corrected chi connectivity index (χ2v) is 9.13. The molecule has 168 valence electrons. The number of morpholine rings is 1. The molecule has 0 spiro atoms. The molecule has 0 saturated carbocycles. The van der Waals surface area contributed by atoms with E-state index in [9.17, 15) is 4.39 Å². The second-order valence-electron chi connectivity index (χ2n) is 8.01. The summed E-state index contributed by atoms with van der Waals surface area (Å²) in [6, 6.07) is 9.07. The van der Waals surface area contributed by atoms with Crippen LogP contribution in [0.4, 0.5) is 15.9 Å². The standard InChI is InChI=1S/C23H22FN7OS/c1-14-9-15(13-33-14)19-11-26-23-18(10-21(29-31(19)23)30-5-7-32-8-6-30)25-12-20-27-17-4-2-3-16(24)22(17)28-20/h2-4,9-11,13,25H,5-8,12H2,1H3,(H,27,28). The lowest BCUT2D eigenvalue weighted by Crippen LogP contribution is -2.37. The number of hydrogen-bond donors (Lipinski definition) is 2. The van der Waals surface area contributed by atoms with Gasteiger partial charge in [-0.25, -0.2) is 18.9 Å². The number of para-hydroxylation sites is 1. The number of hydrogen-bond acceptors (Lipinski definition) is 7. The fraction of sp³-hybridized carbons (Fsp3) is 0.261. The number of fused-ring (bicyclic) bond motifs is 2. The number of aromatic amines is 1. The van der Waals surface area contributed by atoms with Crippen molar-refractivity contribution in [2.45, 2.75) is 13.5 Å². The monoisotopic (exact) mass is 463 g/mol. The first-order chi connectivity index (χ1) is 16.2. The summed E-state index contributed by atoms with van der Waals surface area (Å²) in [5.74, 6) is 1.17. The highest BCUT2D eigenvalue weighted by Gasteiger charge is 2.19. The number of benzene rings is 1. The Kier molecular flexibility index (Phi) is 4.96. The fourth-order valence-corrected chi connectivity index (χ4v) is 4.81. The number of imidazole rings is 2. The van der Waals surface area contributed by atoms with E-state index in [1.165, 1.54) is 10.9 Å². The van der Waals surface area contributed by atoms with Crippen LogP contribution in [0.1, 0.15) is 10.7 Å². The Labute approximate surface area is 193 Å². The molecule has 1 fully saturated rings. The second kappa shape index (κ2) is 8.13. The smallest absolute Gasteiger partial charge is 0.177 e. The zero-order valence-corrected chi connectivity index (χ0v) is 18.8. The van der Waals surface area contributed by atoms with Crippen LogP contribution < -0.4 is 10.2 Å². The average molecular weight is 464 g/mol. The summed E-state index contributed by atoms with van der Waals surface area (Å²) >= 11 is 1.70. The molecule has 0 radical (unpaired) electrons. The minimum atomic E-state index is -0.333. The summed E-state index contributed by atoms with van der Waals surface area (Å²) in [7, 11) is 0. The van der Waals surface area contributed by atoms with Crippen molar-refractivity contribution in [1.29, 1.82) is 0 Å². The number of ether oxygens (including phenoxy) is 1. The quantitative estimate of drug-likeness (QED) is 0.406. The molecule has 0 unspecified atom stereocenters. The first-order valence-electron chi connectivity index (χ1n) is 10.8. The van der Waals surface area contributed by atoms with Crippen LogP contribution in [0, 0.1) is 12.7 Å². The topological polar surface area (TPSA) is 83.4 Å². The first kappa shape index (κ1) is 20.1. The molecule has 0 bridgehead atoms. The summed E-state index contributed by atoms with van der Waals surface area (Å²) in [5, 5.41) is 10.5. The van der Waals surface area contributed by atoms with Gasteiger partial charge < -0.3 is 19.9 Å². The summed E-state index contributed by atoms with van der Waals surface area (Å²) in [6.07, 6.45) is 1.86. The Balaban J connectivity index is 1.39. The Morgan fingerprint density at radius 3 is 2.91 bits per heavy atom. The minimum absolute atomic E-state index is 0.333. The predicted octanol–water partition coefficient (Wildman–Crippen LogP) is 4.23. The minimum Gasteiger partial charge on any atom is -0.378 e. The number of nitrogens with one attached hydrogen (secondary N) is 2. The van der Waals surface area contributed by atoms with Gasteiger partial charge in [0.25, 0.3) is 0 Å². The number of halogens is 1. The first-order valence-corrected chi connectivity index (χ1v) is 11.7. The van der Waals surface area contributed by atoms with Crippen LogP contribution in [-0.4, -0.2) is 50.9 Å². The molecule has 0 atom stereocenters. The highest BCUT2D eigenvalue weighted by molar-refractivity contribution is 7.10. The molecule has 2 N–H and O–H groups in total. The molecule has 10 heteroatoms. The van der Waals surface area contributed by atoms with Crippen LogP contribution in [0.5, 0.6) is 0 Å². The van der Waals surface area contributed by atoms with Crippen LogP contribution in [0.2, 0.25) is 0 Å². The molecule has 6 rings (SSSR count). The van der Waals surface area contributed by atoms with E-state index < -0.39 is 0 Å². The van der Waals surface area contributed by atoms with Crippen molar-refractivity contribution >= 4 is 39.5 Å². The number of aryl methyl sites for hydroxylation is 1. The lowest BCUT2D eigenvalue weighted by atomic mass is 10.2. The van der Waals surface area contributed by atoms with E-state index in [-0.39, 0.29) is 5.82 Å². The lowest BCUT2D eigenvalue weighted by Gasteiger charge is -2.28. The maximum atomic E-state index is 14.1. The SMILES string of the molecule is Cc1cc(-c2cnc3c(NCc4nc5c(F)cccc5[nH]4)cc(N4CCOCC4)nn23)cs1. The largest absolute Gasteiger partial charge is 0.378 e. The molecular formula is C23H22FN7OS. The van der Waals surface area contributed by atoms with Gasteiger partial charge in [-0.1, -0.05) is 6.07 Å². The van der Waals surface area contributed by atoms with E-state index in [0.717, 1.165) is 41.5 Å². The Bertz CT molecular complexity index is 1450. The maximum Gasteiger partial charge on any atom is 0.177 e. The molecule has 4 aromatic heterocycles. The van der Waals surface area contributed by atoms with Gasteiger partial charge in [0.05, 0.1) is 42.9 Å². The number of nitrogens with zero attached hydrogens (tertiary/aromatic N) is 5. The van der Waals surface area contributed by atoms with Crippen molar-refractivity contribution < 1.29 is 9.13 Å². The third-order valence-electron chi connectivity index (χ3n) is 5.77. The number of thiophene rings is 1. The van der Waals surface area contributed by atoms with Crippen LogP contribution >= 0.6 is 11.3 Å². The number of rotatable bonds is 5. The molecule has 1 aromatic carbocycles. The van der Waals surface area contributed by atoms with Crippen LogP contribution in [0.3, 0.4) is 0 Å². The fourth-order valence-electron chi connectivity index (χ4n) is 4.12. The van der Waals surface area contributed by atoms with E-state index in [0.29, 0.717) is 36.6 Å². The normalized spacial score (nSPS) is 14.4. The summed E-state index contributed by atoms with van der Waals surface area (Å²) in [6.45, 7) is 5.40. The van der Waals surface area contributed by atoms with E-state index in [1.807, 2.05) is 22.8 Å². The zero-order valence-electron chi connectivity index (χ0n) is 18.0. The van der Waals surface area contributed by atoms with Gasteiger partial charge in [-0.15, -0.1) is 16.4 Å². The van der Waals surface area contributed by atoms with Gasteiger partial charge in [0.15, 0.2) is 17.3 Å². The lowest BCUT2D eigenvalue weighted by molar-refractivity contribution is 0.122. The van der Waals surface area contributed by atoms with Crippen molar-refractivity contribution in [3.63, 3.8) is 0 Å². The van der Waals surface area contributed by atoms with Crippen molar-refractivity contribution in [3.05, 3.63) is 58.4 Å². The molecule has 5 aromatic rings. The Morgan fingerprint density at radius 1 is 1.24 bits per heavy atom. The van der Waals surface area contributed by atoms with Gasteiger partial charge in [-0.2, -0.15) is 0 Å². The highest BCUT2D eigenvalue weighted by Crippen LogP contribution is 2.30. The highest BCUT2D eigenvalue weighted by atomic mass is 32.1. The number of aromatic nitrogens is 5. The third-order valence-corrected chi connectivity index (χ3v) is 6.64. The predicted molar refractivity (Wildman–Crippen MR) is 127 cm³/mol. The molecule has 5 heterocycles. The third kappa shape index (κ3) is 3.70. The Morgan fingerprint density at radius 2 is 2.12 bits per heavy atom. The van der Waals surface area contributed by atoms with E-state index in [4.69, 9.17) is 9.84 Å². The van der Waals surface area contributed by atoms with E-state index in [1.54, 1.807) is 17.4 Å². The van der Waals surface area contributed by atoms with Crippen molar-refractivity contribution in [2.75, 3.05) is 36.5 Å². The molecule has 8 nitrogen and oxygen atoms in total. The van der Waals surface area contributed by atoms with Gasteiger partial charge in [0, 0.05) is 35.0 Å². The molecule has 1 aliphatic heterocycles. The van der Waals surface area contributed by atoms with Gasteiger partial charge in [-0.3, -0.25) is 0 Å². The molecular weight excluding hydrogens is 441 g/mol. The van der Waals surface area contributed by atoms with Crippen LogP contribution in [0.25, 0.3) is 27.9 Å². The van der Waals surface area contributed by atoms with E-state index >= 15 is 0 Å². The molecule has 1 saturated heterocycles. The van der Waals surface area contributed by atoms with Crippen LogP contribution in [-0.2, 0) is 11.3 Å². The van der Waals surface area contributed by atoms with Gasteiger partial charge in [0.2, 0.25) is 0 Å². The number of H-pyrrole nitrogens is 1. The maximum absolute atomic E-state index is 14.1. The average Bonchev–Trinajstić information content (AvgIpc) is 3.56. The molecule has 33 heavy (non-hydrogen) atoms. The molecule has 0 amide bonds. The number of anilines is 2. The van der Waals surface area contributed by atoms with Gasteiger partial charge in [0.1, 0.15) is 11.3 Å². The molecule has 0 aliphatic carbocycles.